The number of aryl methyl sites for hydroxylation is 1. The number of ether oxygens (including phenoxy) is 1. The zero-order chi connectivity index (χ0) is 19.1. The van der Waals surface area contributed by atoms with Crippen molar-refractivity contribution in [2.75, 3.05) is 31.1 Å². The predicted molar refractivity (Wildman–Crippen MR) is 103 cm³/mol. The molecule has 1 aromatic carbocycles. The smallest absolute Gasteiger partial charge is 0.226 e. The van der Waals surface area contributed by atoms with Crippen LogP contribution in [0.4, 0.5) is 5.82 Å². The molecule has 5 rings (SSSR count). The Balaban J connectivity index is 1.13. The highest BCUT2D eigenvalue weighted by atomic mass is 16.5. The molecule has 2 aromatic heterocycles. The Labute approximate surface area is 162 Å². The van der Waals surface area contributed by atoms with Crippen LogP contribution in [0.15, 0.2) is 36.4 Å². The number of para-hydroxylation sites is 1. The maximum atomic E-state index is 12.5. The van der Waals surface area contributed by atoms with Gasteiger partial charge in [-0.05, 0) is 37.1 Å². The highest BCUT2D eigenvalue weighted by Gasteiger charge is 2.30. The van der Waals surface area contributed by atoms with E-state index in [1.54, 1.807) is 4.52 Å². The van der Waals surface area contributed by atoms with Crippen LogP contribution >= 0.6 is 0 Å². The molecule has 1 N–H and O–H groups in total. The number of nitrogens with one attached hydrogen (secondary N) is 1. The zero-order valence-electron chi connectivity index (χ0n) is 15.7. The van der Waals surface area contributed by atoms with E-state index in [0.717, 1.165) is 48.1 Å². The second-order valence-corrected chi connectivity index (χ2v) is 7.54. The second kappa shape index (κ2) is 6.78. The lowest BCUT2D eigenvalue weighted by molar-refractivity contribution is -0.126. The van der Waals surface area contributed by atoms with Crippen molar-refractivity contribution >= 4 is 17.4 Å². The van der Waals surface area contributed by atoms with E-state index in [2.05, 4.69) is 25.5 Å². The topological polar surface area (TPSA) is 84.7 Å². The lowest BCUT2D eigenvalue weighted by atomic mass is 9.95. The quantitative estimate of drug-likeness (QED) is 0.735. The monoisotopic (exact) mass is 378 g/mol. The van der Waals surface area contributed by atoms with Crippen LogP contribution in [0.2, 0.25) is 0 Å². The Morgan fingerprint density at radius 1 is 1.21 bits per heavy atom. The fourth-order valence-electron chi connectivity index (χ4n) is 3.83. The molecule has 0 radical (unpaired) electrons. The fraction of sp³-hybridized carbons (Fsp3) is 0.400. The van der Waals surface area contributed by atoms with Gasteiger partial charge in [0.2, 0.25) is 5.91 Å². The van der Waals surface area contributed by atoms with Crippen LogP contribution in [0.1, 0.15) is 11.4 Å². The Hall–Kier alpha value is -3.16. The standard InChI is InChI=1S/C20H22N6O2/c1-13-22-23-18-6-7-19(24-26(13)18)25-10-14(11-25)9-21-20(27)16-8-15-4-2-3-5-17(15)28-12-16/h2-7,14,16H,8-12H2,1H3,(H,21,27). The average Bonchev–Trinajstić information content (AvgIpc) is 3.06. The summed E-state index contributed by atoms with van der Waals surface area (Å²) in [6, 6.07) is 11.8. The normalized spacial score (nSPS) is 19.0. The van der Waals surface area contributed by atoms with Gasteiger partial charge in [0.15, 0.2) is 11.5 Å². The van der Waals surface area contributed by atoms with Gasteiger partial charge in [0, 0.05) is 25.6 Å². The third-order valence-electron chi connectivity index (χ3n) is 5.50. The third kappa shape index (κ3) is 3.04. The molecular formula is C20H22N6O2. The first kappa shape index (κ1) is 17.0. The summed E-state index contributed by atoms with van der Waals surface area (Å²) in [5, 5.41) is 15.8. The zero-order valence-corrected chi connectivity index (χ0v) is 15.7. The minimum atomic E-state index is -0.119. The molecule has 1 saturated heterocycles. The lowest BCUT2D eigenvalue weighted by Crippen LogP contribution is -2.52. The van der Waals surface area contributed by atoms with Crippen molar-refractivity contribution in [3.63, 3.8) is 0 Å². The van der Waals surface area contributed by atoms with E-state index in [1.807, 2.05) is 43.3 Å². The molecule has 1 amide bonds. The van der Waals surface area contributed by atoms with Crippen molar-refractivity contribution in [1.29, 1.82) is 0 Å². The maximum Gasteiger partial charge on any atom is 0.226 e. The van der Waals surface area contributed by atoms with Crippen molar-refractivity contribution in [1.82, 2.24) is 25.1 Å². The van der Waals surface area contributed by atoms with Crippen molar-refractivity contribution in [2.24, 2.45) is 11.8 Å². The number of hydrogen-bond donors (Lipinski definition) is 1. The van der Waals surface area contributed by atoms with Crippen molar-refractivity contribution in [3.8, 4) is 5.75 Å². The molecule has 0 spiro atoms. The molecule has 2 aliphatic rings. The number of carbonyl (C=O) groups excluding carboxylic acids is 1. The SMILES string of the molecule is Cc1nnc2ccc(N3CC(CNC(=O)C4COc5ccccc5C4)C3)nn12. The van der Waals surface area contributed by atoms with Crippen LogP contribution in [0.5, 0.6) is 5.75 Å². The second-order valence-electron chi connectivity index (χ2n) is 7.54. The number of carbonyl (C=O) groups is 1. The number of hydrogen-bond acceptors (Lipinski definition) is 6. The third-order valence-corrected chi connectivity index (χ3v) is 5.50. The number of nitrogens with zero attached hydrogens (tertiary/aromatic N) is 5. The molecule has 8 heteroatoms. The van der Waals surface area contributed by atoms with Crippen molar-refractivity contribution in [3.05, 3.63) is 47.8 Å². The van der Waals surface area contributed by atoms with Gasteiger partial charge >= 0.3 is 0 Å². The number of aromatic nitrogens is 4. The van der Waals surface area contributed by atoms with E-state index in [9.17, 15) is 4.79 Å². The van der Waals surface area contributed by atoms with Gasteiger partial charge in [-0.2, -0.15) is 4.52 Å². The van der Waals surface area contributed by atoms with Gasteiger partial charge in [-0.3, -0.25) is 4.79 Å². The number of rotatable bonds is 4. The minimum Gasteiger partial charge on any atom is -0.492 e. The van der Waals surface area contributed by atoms with Crippen LogP contribution in [0.25, 0.3) is 5.65 Å². The molecule has 0 aliphatic carbocycles. The molecule has 3 aromatic rings. The van der Waals surface area contributed by atoms with Gasteiger partial charge in [0.1, 0.15) is 18.2 Å². The summed E-state index contributed by atoms with van der Waals surface area (Å²) in [6.07, 6.45) is 0.737. The van der Waals surface area contributed by atoms with Crippen LogP contribution in [-0.2, 0) is 11.2 Å². The Kier molecular flexibility index (Phi) is 4.11. The van der Waals surface area contributed by atoms with Crippen LogP contribution in [0, 0.1) is 18.8 Å². The van der Waals surface area contributed by atoms with Crippen molar-refractivity contribution < 1.29 is 9.53 Å². The summed E-state index contributed by atoms with van der Waals surface area (Å²) >= 11 is 0. The van der Waals surface area contributed by atoms with Gasteiger partial charge in [-0.1, -0.05) is 18.2 Å². The molecule has 1 fully saturated rings. The molecule has 0 saturated carbocycles. The first-order valence-corrected chi connectivity index (χ1v) is 9.60. The minimum absolute atomic E-state index is 0.0765. The summed E-state index contributed by atoms with van der Waals surface area (Å²) in [7, 11) is 0. The molecule has 1 unspecified atom stereocenters. The lowest BCUT2D eigenvalue weighted by Gasteiger charge is -2.40. The van der Waals surface area contributed by atoms with Crippen LogP contribution in [0.3, 0.4) is 0 Å². The van der Waals surface area contributed by atoms with Crippen LogP contribution < -0.4 is 15.0 Å². The summed E-state index contributed by atoms with van der Waals surface area (Å²) in [4.78, 5) is 14.7. The summed E-state index contributed by atoms with van der Waals surface area (Å²) < 4.78 is 7.48. The highest BCUT2D eigenvalue weighted by molar-refractivity contribution is 5.79. The van der Waals surface area contributed by atoms with Gasteiger partial charge in [-0.25, -0.2) is 0 Å². The van der Waals surface area contributed by atoms with Gasteiger partial charge < -0.3 is 15.0 Å². The Morgan fingerprint density at radius 2 is 2.07 bits per heavy atom. The predicted octanol–water partition coefficient (Wildman–Crippen LogP) is 1.24. The van der Waals surface area contributed by atoms with E-state index in [4.69, 9.17) is 4.74 Å². The first-order chi connectivity index (χ1) is 13.7. The molecular weight excluding hydrogens is 356 g/mol. The van der Waals surface area contributed by atoms with Gasteiger partial charge in [-0.15, -0.1) is 15.3 Å². The van der Waals surface area contributed by atoms with Crippen molar-refractivity contribution in [2.45, 2.75) is 13.3 Å². The molecule has 2 aliphatic heterocycles. The highest BCUT2D eigenvalue weighted by Crippen LogP contribution is 2.27. The Morgan fingerprint density at radius 3 is 2.96 bits per heavy atom. The van der Waals surface area contributed by atoms with E-state index < -0.39 is 0 Å². The van der Waals surface area contributed by atoms with Gasteiger partial charge in [0.05, 0.1) is 5.92 Å². The number of anilines is 1. The molecule has 8 nitrogen and oxygen atoms in total. The number of benzene rings is 1. The molecule has 144 valence electrons. The van der Waals surface area contributed by atoms with Crippen LogP contribution in [-0.4, -0.2) is 52.0 Å². The molecule has 28 heavy (non-hydrogen) atoms. The molecule has 4 heterocycles. The molecule has 0 bridgehead atoms. The number of fused-ring (bicyclic) bond motifs is 2. The first-order valence-electron chi connectivity index (χ1n) is 9.60. The summed E-state index contributed by atoms with van der Waals surface area (Å²) in [5.74, 6) is 2.97. The summed E-state index contributed by atoms with van der Waals surface area (Å²) in [5.41, 5.74) is 1.86. The largest absolute Gasteiger partial charge is 0.492 e. The van der Waals surface area contributed by atoms with E-state index in [0.29, 0.717) is 19.1 Å². The number of amides is 1. The average molecular weight is 378 g/mol. The van der Waals surface area contributed by atoms with E-state index in [-0.39, 0.29) is 11.8 Å². The van der Waals surface area contributed by atoms with E-state index in [1.165, 1.54) is 0 Å². The summed E-state index contributed by atoms with van der Waals surface area (Å²) in [6.45, 7) is 4.77. The fourth-order valence-corrected chi connectivity index (χ4v) is 3.83. The van der Waals surface area contributed by atoms with E-state index >= 15 is 0 Å². The Bertz CT molecular complexity index is 1030. The van der Waals surface area contributed by atoms with Gasteiger partial charge in [0.25, 0.3) is 0 Å². The maximum absolute atomic E-state index is 12.5. The molecule has 1 atom stereocenters.